The highest BCUT2D eigenvalue weighted by Crippen LogP contribution is 2.24. The van der Waals surface area contributed by atoms with E-state index in [0.29, 0.717) is 24.9 Å². The van der Waals surface area contributed by atoms with Gasteiger partial charge in [0, 0.05) is 29.5 Å². The predicted octanol–water partition coefficient (Wildman–Crippen LogP) is 3.14. The molecule has 6 heteroatoms. The third-order valence-electron chi connectivity index (χ3n) is 3.63. The van der Waals surface area contributed by atoms with Gasteiger partial charge in [-0.05, 0) is 30.9 Å². The molecule has 0 aliphatic carbocycles. The van der Waals surface area contributed by atoms with Crippen LogP contribution in [0.2, 0.25) is 0 Å². The molecule has 0 radical (unpaired) electrons. The van der Waals surface area contributed by atoms with Crippen molar-refractivity contribution in [3.05, 3.63) is 52.2 Å². The van der Waals surface area contributed by atoms with Gasteiger partial charge in [-0.3, -0.25) is 9.59 Å². The zero-order chi connectivity index (χ0) is 17.4. The van der Waals surface area contributed by atoms with E-state index in [1.54, 1.807) is 18.6 Å². The van der Waals surface area contributed by atoms with E-state index in [0.717, 1.165) is 11.3 Å². The summed E-state index contributed by atoms with van der Waals surface area (Å²) < 4.78 is 5.31. The first kappa shape index (κ1) is 18.0. The number of carbonyl (C=O) groups is 2. The second-order valence-electron chi connectivity index (χ2n) is 5.40. The summed E-state index contributed by atoms with van der Waals surface area (Å²) in [5.74, 6) is 0.616. The maximum absolute atomic E-state index is 12.0. The number of benzene rings is 1. The van der Waals surface area contributed by atoms with Gasteiger partial charge in [0.15, 0.2) is 0 Å². The molecule has 0 bridgehead atoms. The van der Waals surface area contributed by atoms with Gasteiger partial charge in [-0.2, -0.15) is 11.3 Å². The second kappa shape index (κ2) is 9.08. The zero-order valence-corrected chi connectivity index (χ0v) is 14.7. The number of rotatable bonds is 8. The van der Waals surface area contributed by atoms with Crippen molar-refractivity contribution in [2.45, 2.75) is 25.8 Å². The molecule has 1 heterocycles. The lowest BCUT2D eigenvalue weighted by Gasteiger charge is -2.17. The number of ether oxygens (including phenoxy) is 1. The highest BCUT2D eigenvalue weighted by molar-refractivity contribution is 7.08. The Morgan fingerprint density at radius 3 is 2.75 bits per heavy atom. The largest absolute Gasteiger partial charge is 0.496 e. The third kappa shape index (κ3) is 5.09. The summed E-state index contributed by atoms with van der Waals surface area (Å²) in [7, 11) is 1.61. The molecule has 2 rings (SSSR count). The van der Waals surface area contributed by atoms with Crippen LogP contribution in [0.4, 0.5) is 0 Å². The maximum atomic E-state index is 12.0. The number of hydrogen-bond acceptors (Lipinski definition) is 4. The Morgan fingerprint density at radius 1 is 1.25 bits per heavy atom. The maximum Gasteiger partial charge on any atom is 0.252 e. The molecule has 2 aromatic rings. The van der Waals surface area contributed by atoms with Crippen molar-refractivity contribution in [2.75, 3.05) is 13.7 Å². The monoisotopic (exact) mass is 346 g/mol. The van der Waals surface area contributed by atoms with E-state index >= 15 is 0 Å². The van der Waals surface area contributed by atoms with Crippen LogP contribution in [0.25, 0.3) is 0 Å². The Labute approximate surface area is 146 Å². The summed E-state index contributed by atoms with van der Waals surface area (Å²) in [6.07, 6.45) is 0.962. The van der Waals surface area contributed by atoms with Crippen molar-refractivity contribution in [1.29, 1.82) is 0 Å². The molecule has 1 aromatic heterocycles. The smallest absolute Gasteiger partial charge is 0.252 e. The van der Waals surface area contributed by atoms with Crippen molar-refractivity contribution >= 4 is 23.2 Å². The van der Waals surface area contributed by atoms with Crippen LogP contribution in [0.15, 0.2) is 41.1 Å². The summed E-state index contributed by atoms with van der Waals surface area (Å²) in [4.78, 5) is 23.8. The molecule has 5 nitrogen and oxygen atoms in total. The van der Waals surface area contributed by atoms with Crippen LogP contribution in [0, 0.1) is 0 Å². The quantitative estimate of drug-likeness (QED) is 0.722. The number of thiophene rings is 1. The van der Waals surface area contributed by atoms with Gasteiger partial charge in [0.1, 0.15) is 5.75 Å². The molecule has 0 fully saturated rings. The van der Waals surface area contributed by atoms with Crippen LogP contribution in [-0.2, 0) is 4.79 Å². The molecule has 2 amide bonds. The summed E-state index contributed by atoms with van der Waals surface area (Å²) in [5, 5.41) is 9.43. The van der Waals surface area contributed by atoms with Gasteiger partial charge in [0.25, 0.3) is 5.91 Å². The highest BCUT2D eigenvalue weighted by Gasteiger charge is 2.13. The van der Waals surface area contributed by atoms with Crippen LogP contribution >= 0.6 is 11.3 Å². The minimum Gasteiger partial charge on any atom is -0.496 e. The number of nitrogens with one attached hydrogen (secondary N) is 2. The van der Waals surface area contributed by atoms with E-state index in [1.807, 2.05) is 36.6 Å². The Kier molecular flexibility index (Phi) is 6.81. The van der Waals surface area contributed by atoms with Gasteiger partial charge >= 0.3 is 0 Å². The fourth-order valence-corrected chi connectivity index (χ4v) is 3.00. The van der Waals surface area contributed by atoms with Gasteiger partial charge in [-0.15, -0.1) is 0 Å². The molecular formula is C18H22N2O3S. The molecule has 2 N–H and O–H groups in total. The lowest BCUT2D eigenvalue weighted by molar-refractivity contribution is -0.121. The van der Waals surface area contributed by atoms with E-state index in [1.165, 1.54) is 11.3 Å². The minimum atomic E-state index is -0.131. The van der Waals surface area contributed by atoms with E-state index in [9.17, 15) is 9.59 Å². The normalized spacial score (nSPS) is 11.6. The lowest BCUT2D eigenvalue weighted by atomic mass is 10.1. The van der Waals surface area contributed by atoms with Crippen LogP contribution in [0.1, 0.15) is 41.7 Å². The summed E-state index contributed by atoms with van der Waals surface area (Å²) in [6.45, 7) is 2.40. The third-order valence-corrected chi connectivity index (χ3v) is 4.32. The SMILES string of the molecule is COc1ccccc1C(C)NC(=O)CCCNC(=O)c1ccsc1. The highest BCUT2D eigenvalue weighted by atomic mass is 32.1. The number of carbonyl (C=O) groups excluding carboxylic acids is 2. The Hall–Kier alpha value is -2.34. The van der Waals surface area contributed by atoms with Gasteiger partial charge in [0.05, 0.1) is 13.2 Å². The summed E-state index contributed by atoms with van der Waals surface area (Å²) in [5.41, 5.74) is 1.60. The van der Waals surface area contributed by atoms with Crippen molar-refractivity contribution in [1.82, 2.24) is 10.6 Å². The summed E-state index contributed by atoms with van der Waals surface area (Å²) >= 11 is 1.48. The molecule has 0 spiro atoms. The molecule has 24 heavy (non-hydrogen) atoms. The molecule has 128 valence electrons. The Morgan fingerprint density at radius 2 is 2.04 bits per heavy atom. The fourth-order valence-electron chi connectivity index (χ4n) is 2.36. The van der Waals surface area contributed by atoms with Crippen LogP contribution < -0.4 is 15.4 Å². The molecule has 1 aromatic carbocycles. The van der Waals surface area contributed by atoms with Crippen molar-refractivity contribution in [3.63, 3.8) is 0 Å². The number of amides is 2. The molecular weight excluding hydrogens is 324 g/mol. The lowest BCUT2D eigenvalue weighted by Crippen LogP contribution is -2.29. The molecule has 0 saturated carbocycles. The molecule has 0 aliphatic heterocycles. The Bertz CT molecular complexity index is 671. The molecule has 0 saturated heterocycles. The second-order valence-corrected chi connectivity index (χ2v) is 6.18. The van der Waals surface area contributed by atoms with Crippen LogP contribution in [-0.4, -0.2) is 25.5 Å². The Balaban J connectivity index is 1.72. The number of methoxy groups -OCH3 is 1. The first-order valence-electron chi connectivity index (χ1n) is 7.84. The first-order chi connectivity index (χ1) is 11.6. The summed E-state index contributed by atoms with van der Waals surface area (Å²) in [6, 6.07) is 9.27. The number of para-hydroxylation sites is 1. The van der Waals surface area contributed by atoms with E-state index < -0.39 is 0 Å². The topological polar surface area (TPSA) is 67.4 Å². The molecule has 1 unspecified atom stereocenters. The first-order valence-corrected chi connectivity index (χ1v) is 8.78. The zero-order valence-electron chi connectivity index (χ0n) is 13.9. The fraction of sp³-hybridized carbons (Fsp3) is 0.333. The standard InChI is InChI=1S/C18H22N2O3S/c1-13(15-6-3-4-7-16(15)23-2)20-17(21)8-5-10-19-18(22)14-9-11-24-12-14/h3-4,6-7,9,11-13H,5,8,10H2,1-2H3,(H,19,22)(H,20,21). The average molecular weight is 346 g/mol. The minimum absolute atomic E-state index is 0.0433. The predicted molar refractivity (Wildman–Crippen MR) is 95.4 cm³/mol. The van der Waals surface area contributed by atoms with Crippen LogP contribution in [0.3, 0.4) is 0 Å². The van der Waals surface area contributed by atoms with Crippen molar-refractivity contribution in [3.8, 4) is 5.75 Å². The average Bonchev–Trinajstić information content (AvgIpc) is 3.13. The van der Waals surface area contributed by atoms with E-state index in [4.69, 9.17) is 4.74 Å². The van der Waals surface area contributed by atoms with Gasteiger partial charge < -0.3 is 15.4 Å². The number of hydrogen-bond donors (Lipinski definition) is 2. The van der Waals surface area contributed by atoms with E-state index in [2.05, 4.69) is 10.6 Å². The van der Waals surface area contributed by atoms with Crippen LogP contribution in [0.5, 0.6) is 5.75 Å². The van der Waals surface area contributed by atoms with Gasteiger partial charge in [0.2, 0.25) is 5.91 Å². The van der Waals surface area contributed by atoms with Gasteiger partial charge in [-0.1, -0.05) is 18.2 Å². The van der Waals surface area contributed by atoms with Crippen molar-refractivity contribution < 1.29 is 14.3 Å². The molecule has 0 aliphatic rings. The van der Waals surface area contributed by atoms with Gasteiger partial charge in [-0.25, -0.2) is 0 Å². The van der Waals surface area contributed by atoms with Crippen molar-refractivity contribution in [2.24, 2.45) is 0 Å². The molecule has 1 atom stereocenters. The van der Waals surface area contributed by atoms with E-state index in [-0.39, 0.29) is 17.9 Å².